The van der Waals surface area contributed by atoms with Gasteiger partial charge in [0.25, 0.3) is 0 Å². The molecule has 1 heterocycles. The van der Waals surface area contributed by atoms with E-state index >= 15 is 0 Å². The molecule has 118 valence electrons. The van der Waals surface area contributed by atoms with Gasteiger partial charge in [0.1, 0.15) is 12.1 Å². The van der Waals surface area contributed by atoms with Crippen LogP contribution >= 0.6 is 0 Å². The van der Waals surface area contributed by atoms with Crippen molar-refractivity contribution in [3.63, 3.8) is 0 Å². The van der Waals surface area contributed by atoms with Crippen LogP contribution in [0.1, 0.15) is 19.0 Å². The van der Waals surface area contributed by atoms with Gasteiger partial charge in [0.15, 0.2) is 5.96 Å². The zero-order chi connectivity index (χ0) is 15.8. The molecule has 0 saturated heterocycles. The van der Waals surface area contributed by atoms with Crippen LogP contribution in [0.4, 0.5) is 4.39 Å². The van der Waals surface area contributed by atoms with Crippen LogP contribution in [0.3, 0.4) is 0 Å². The minimum atomic E-state index is -0.273. The van der Waals surface area contributed by atoms with Crippen molar-refractivity contribution in [1.82, 2.24) is 15.6 Å². The topological polar surface area (TPSA) is 62.5 Å². The molecule has 2 N–H and O–H groups in total. The highest BCUT2D eigenvalue weighted by Gasteiger charge is 2.07. The van der Waals surface area contributed by atoms with Gasteiger partial charge in [-0.15, -0.1) is 0 Å². The maximum atomic E-state index is 12.9. The van der Waals surface area contributed by atoms with Crippen LogP contribution in [0.5, 0.6) is 0 Å². The number of guanidine groups is 1. The van der Waals surface area contributed by atoms with Crippen LogP contribution in [-0.2, 0) is 6.42 Å². The van der Waals surface area contributed by atoms with Crippen LogP contribution in [0.25, 0.3) is 11.5 Å². The minimum Gasteiger partial charge on any atom is -0.444 e. The lowest BCUT2D eigenvalue weighted by Gasteiger charge is -2.09. The molecular formula is C16H21FN4O. The van der Waals surface area contributed by atoms with Crippen molar-refractivity contribution in [2.75, 3.05) is 20.1 Å². The van der Waals surface area contributed by atoms with Crippen molar-refractivity contribution in [3.05, 3.63) is 42.0 Å². The van der Waals surface area contributed by atoms with Crippen molar-refractivity contribution < 1.29 is 8.81 Å². The SMILES string of the molecule is CCCNC(=NC)NCCc1coc(-c2ccc(F)cc2)n1. The van der Waals surface area contributed by atoms with Gasteiger partial charge in [-0.25, -0.2) is 9.37 Å². The van der Waals surface area contributed by atoms with E-state index < -0.39 is 0 Å². The summed E-state index contributed by atoms with van der Waals surface area (Å²) in [6, 6.07) is 6.09. The Kier molecular flexibility index (Phi) is 5.94. The Balaban J connectivity index is 1.86. The minimum absolute atomic E-state index is 0.273. The van der Waals surface area contributed by atoms with E-state index in [0.717, 1.165) is 36.6 Å². The van der Waals surface area contributed by atoms with Crippen LogP contribution in [0.15, 0.2) is 39.9 Å². The first-order valence-corrected chi connectivity index (χ1v) is 7.37. The summed E-state index contributed by atoms with van der Waals surface area (Å²) in [7, 11) is 1.74. The third kappa shape index (κ3) is 4.58. The summed E-state index contributed by atoms with van der Waals surface area (Å²) in [5, 5.41) is 6.42. The second-order valence-electron chi connectivity index (χ2n) is 4.83. The van der Waals surface area contributed by atoms with Gasteiger partial charge in [-0.2, -0.15) is 0 Å². The van der Waals surface area contributed by atoms with E-state index in [2.05, 4.69) is 27.5 Å². The predicted octanol–water partition coefficient (Wildman–Crippen LogP) is 2.60. The number of aromatic nitrogens is 1. The lowest BCUT2D eigenvalue weighted by atomic mass is 10.2. The van der Waals surface area contributed by atoms with E-state index in [1.54, 1.807) is 25.4 Å². The maximum absolute atomic E-state index is 12.9. The summed E-state index contributed by atoms with van der Waals surface area (Å²) in [5.41, 5.74) is 1.61. The molecule has 0 aliphatic rings. The molecule has 22 heavy (non-hydrogen) atoms. The quantitative estimate of drug-likeness (QED) is 0.636. The first-order valence-electron chi connectivity index (χ1n) is 7.37. The molecular weight excluding hydrogens is 283 g/mol. The smallest absolute Gasteiger partial charge is 0.226 e. The zero-order valence-electron chi connectivity index (χ0n) is 12.9. The van der Waals surface area contributed by atoms with Gasteiger partial charge < -0.3 is 15.1 Å². The molecule has 0 atom stereocenters. The maximum Gasteiger partial charge on any atom is 0.226 e. The number of aliphatic imine (C=N–C) groups is 1. The second-order valence-corrected chi connectivity index (χ2v) is 4.83. The molecule has 0 radical (unpaired) electrons. The van der Waals surface area contributed by atoms with Crippen molar-refractivity contribution in [1.29, 1.82) is 0 Å². The third-order valence-electron chi connectivity index (χ3n) is 3.08. The first-order chi connectivity index (χ1) is 10.7. The number of nitrogens with one attached hydrogen (secondary N) is 2. The summed E-state index contributed by atoms with van der Waals surface area (Å²) in [4.78, 5) is 8.54. The van der Waals surface area contributed by atoms with Crippen LogP contribution in [-0.4, -0.2) is 31.1 Å². The van der Waals surface area contributed by atoms with E-state index in [4.69, 9.17) is 4.42 Å². The number of oxazole rings is 1. The van der Waals surface area contributed by atoms with Gasteiger partial charge in [-0.3, -0.25) is 4.99 Å². The highest BCUT2D eigenvalue weighted by atomic mass is 19.1. The molecule has 2 aromatic rings. The van der Waals surface area contributed by atoms with Gasteiger partial charge in [0.05, 0.1) is 5.69 Å². The van der Waals surface area contributed by atoms with Gasteiger partial charge >= 0.3 is 0 Å². The van der Waals surface area contributed by atoms with E-state index in [9.17, 15) is 4.39 Å². The first kappa shape index (κ1) is 16.0. The van der Waals surface area contributed by atoms with E-state index in [0.29, 0.717) is 12.4 Å². The highest BCUT2D eigenvalue weighted by Crippen LogP contribution is 2.18. The van der Waals surface area contributed by atoms with Crippen molar-refractivity contribution in [2.24, 2.45) is 4.99 Å². The zero-order valence-corrected chi connectivity index (χ0v) is 12.9. The molecule has 2 rings (SSSR count). The van der Waals surface area contributed by atoms with Gasteiger partial charge in [-0.05, 0) is 30.7 Å². The van der Waals surface area contributed by atoms with Gasteiger partial charge in [0, 0.05) is 32.1 Å². The summed E-state index contributed by atoms with van der Waals surface area (Å²) in [5.74, 6) is 1.01. The molecule has 0 unspecified atom stereocenters. The molecule has 0 aliphatic heterocycles. The fraction of sp³-hybridized carbons (Fsp3) is 0.375. The summed E-state index contributed by atoms with van der Waals surface area (Å²) in [6.07, 6.45) is 3.39. The fourth-order valence-electron chi connectivity index (χ4n) is 1.92. The molecule has 5 nitrogen and oxygen atoms in total. The molecule has 6 heteroatoms. The molecule has 0 amide bonds. The molecule has 0 spiro atoms. The fourth-order valence-corrected chi connectivity index (χ4v) is 1.92. The average molecular weight is 304 g/mol. The number of rotatable bonds is 6. The van der Waals surface area contributed by atoms with Crippen molar-refractivity contribution >= 4 is 5.96 Å². The molecule has 1 aromatic carbocycles. The Hall–Kier alpha value is -2.37. The molecule has 0 aliphatic carbocycles. The van der Waals surface area contributed by atoms with Crippen LogP contribution < -0.4 is 10.6 Å². The Labute approximate surface area is 129 Å². The van der Waals surface area contributed by atoms with Crippen LogP contribution in [0.2, 0.25) is 0 Å². The number of nitrogens with zero attached hydrogens (tertiary/aromatic N) is 2. The summed E-state index contributed by atoms with van der Waals surface area (Å²) < 4.78 is 18.3. The number of halogens is 1. The third-order valence-corrected chi connectivity index (χ3v) is 3.08. The Morgan fingerprint density at radius 2 is 1.95 bits per heavy atom. The molecule has 0 bridgehead atoms. The van der Waals surface area contributed by atoms with Crippen molar-refractivity contribution in [3.8, 4) is 11.5 Å². The highest BCUT2D eigenvalue weighted by molar-refractivity contribution is 5.79. The van der Waals surface area contributed by atoms with Gasteiger partial charge in [-0.1, -0.05) is 6.92 Å². The van der Waals surface area contributed by atoms with Gasteiger partial charge in [0.2, 0.25) is 5.89 Å². The lowest BCUT2D eigenvalue weighted by Crippen LogP contribution is -2.38. The van der Waals surface area contributed by atoms with E-state index in [1.807, 2.05) is 0 Å². The second kappa shape index (κ2) is 8.17. The van der Waals surface area contributed by atoms with Crippen LogP contribution in [0, 0.1) is 5.82 Å². The number of hydrogen-bond acceptors (Lipinski definition) is 3. The van der Waals surface area contributed by atoms with Crippen molar-refractivity contribution in [2.45, 2.75) is 19.8 Å². The Bertz CT molecular complexity index is 607. The summed E-state index contributed by atoms with van der Waals surface area (Å²) >= 11 is 0. The molecule has 1 aromatic heterocycles. The monoisotopic (exact) mass is 304 g/mol. The standard InChI is InChI=1S/C16H21FN4O/c1-3-9-19-16(18-2)20-10-8-14-11-22-15(21-14)12-4-6-13(17)7-5-12/h4-7,11H,3,8-10H2,1-2H3,(H2,18,19,20). The predicted molar refractivity (Wildman–Crippen MR) is 85.3 cm³/mol. The number of hydrogen-bond donors (Lipinski definition) is 2. The largest absolute Gasteiger partial charge is 0.444 e. The molecule has 0 saturated carbocycles. The van der Waals surface area contributed by atoms with E-state index in [1.165, 1.54) is 12.1 Å². The lowest BCUT2D eigenvalue weighted by molar-refractivity contribution is 0.571. The normalized spacial score (nSPS) is 11.5. The average Bonchev–Trinajstić information content (AvgIpc) is 3.00. The molecule has 0 fully saturated rings. The Morgan fingerprint density at radius 1 is 1.23 bits per heavy atom. The Morgan fingerprint density at radius 3 is 2.64 bits per heavy atom. The van der Waals surface area contributed by atoms with E-state index in [-0.39, 0.29) is 5.82 Å². The summed E-state index contributed by atoms with van der Waals surface area (Å²) in [6.45, 7) is 3.70. The number of benzene rings is 1.